The van der Waals surface area contributed by atoms with Crippen LogP contribution in [0.2, 0.25) is 10.0 Å². The molecule has 104 valence electrons. The van der Waals surface area contributed by atoms with E-state index in [0.717, 1.165) is 0 Å². The molecule has 2 rings (SSSR count). The second-order valence-electron chi connectivity index (χ2n) is 3.92. The van der Waals surface area contributed by atoms with Gasteiger partial charge in [-0.25, -0.2) is 0 Å². The van der Waals surface area contributed by atoms with Gasteiger partial charge in [-0.2, -0.15) is 4.98 Å². The number of nitrogen functional groups attached to an aromatic ring is 1. The quantitative estimate of drug-likeness (QED) is 0.683. The van der Waals surface area contributed by atoms with Gasteiger partial charge in [0.1, 0.15) is 10.8 Å². The molecular formula is C12H9Cl2N3O3. The molecule has 0 saturated carbocycles. The van der Waals surface area contributed by atoms with Crippen molar-refractivity contribution < 1.29 is 9.66 Å². The lowest BCUT2D eigenvalue weighted by molar-refractivity contribution is -0.386. The maximum absolute atomic E-state index is 11.1. The summed E-state index contributed by atoms with van der Waals surface area (Å²) >= 11 is 11.7. The van der Waals surface area contributed by atoms with Crippen molar-refractivity contribution in [3.63, 3.8) is 0 Å². The second-order valence-corrected chi connectivity index (χ2v) is 4.74. The van der Waals surface area contributed by atoms with Crippen molar-refractivity contribution in [3.8, 4) is 11.6 Å². The Balaban J connectivity index is 2.48. The number of nitro benzene ring substituents is 1. The summed E-state index contributed by atoms with van der Waals surface area (Å²) in [6, 6.07) is 6.05. The van der Waals surface area contributed by atoms with Gasteiger partial charge in [0.15, 0.2) is 0 Å². The third-order valence-electron chi connectivity index (χ3n) is 2.51. The zero-order chi connectivity index (χ0) is 14.9. The van der Waals surface area contributed by atoms with Crippen LogP contribution in [-0.2, 0) is 0 Å². The molecule has 0 bridgehead atoms. The topological polar surface area (TPSA) is 91.3 Å². The number of halogens is 2. The normalized spacial score (nSPS) is 10.3. The minimum Gasteiger partial charge on any atom is -0.430 e. The number of benzene rings is 1. The Hall–Kier alpha value is -2.05. The van der Waals surface area contributed by atoms with Crippen molar-refractivity contribution in [2.75, 3.05) is 5.73 Å². The predicted molar refractivity (Wildman–Crippen MR) is 76.6 cm³/mol. The summed E-state index contributed by atoms with van der Waals surface area (Å²) < 4.78 is 5.39. The van der Waals surface area contributed by atoms with E-state index in [1.807, 2.05) is 0 Å². The third-order valence-corrected chi connectivity index (χ3v) is 3.09. The second kappa shape index (κ2) is 5.52. The molecule has 0 spiro atoms. The molecule has 8 heteroatoms. The first kappa shape index (κ1) is 14.4. The van der Waals surface area contributed by atoms with Gasteiger partial charge in [-0.05, 0) is 19.1 Å². The average molecular weight is 314 g/mol. The Bertz CT molecular complexity index is 692. The number of aryl methyl sites for hydroxylation is 1. The van der Waals surface area contributed by atoms with Crippen LogP contribution in [0, 0.1) is 17.0 Å². The number of hydrogen-bond acceptors (Lipinski definition) is 5. The molecule has 0 amide bonds. The summed E-state index contributed by atoms with van der Waals surface area (Å²) in [6.45, 7) is 1.61. The smallest absolute Gasteiger partial charge is 0.314 e. The number of nitrogens with two attached hydrogens (primary N) is 1. The molecule has 0 aliphatic heterocycles. The predicted octanol–water partition coefficient (Wildman–Crippen LogP) is 3.98. The number of rotatable bonds is 3. The van der Waals surface area contributed by atoms with E-state index in [4.69, 9.17) is 33.7 Å². The fraction of sp³-hybridized carbons (Fsp3) is 0.0833. The number of ether oxygens (including phenoxy) is 1. The number of pyridine rings is 1. The van der Waals surface area contributed by atoms with Crippen LogP contribution in [0.25, 0.3) is 0 Å². The molecule has 0 radical (unpaired) electrons. The molecule has 6 nitrogen and oxygen atoms in total. The zero-order valence-electron chi connectivity index (χ0n) is 10.3. The fourth-order valence-corrected chi connectivity index (χ4v) is 1.98. The summed E-state index contributed by atoms with van der Waals surface area (Å²) in [4.78, 5) is 14.4. The first-order chi connectivity index (χ1) is 9.40. The number of hydrogen-bond donors (Lipinski definition) is 1. The van der Waals surface area contributed by atoms with E-state index in [1.54, 1.807) is 19.1 Å². The summed E-state index contributed by atoms with van der Waals surface area (Å²) in [6.07, 6.45) is 0. The minimum absolute atomic E-state index is 0.0290. The average Bonchev–Trinajstić information content (AvgIpc) is 2.35. The van der Waals surface area contributed by atoms with Gasteiger partial charge in [-0.3, -0.25) is 10.1 Å². The van der Waals surface area contributed by atoms with Gasteiger partial charge >= 0.3 is 5.69 Å². The molecule has 0 atom stereocenters. The molecule has 0 aliphatic rings. The minimum atomic E-state index is -0.530. The van der Waals surface area contributed by atoms with Crippen LogP contribution in [0.3, 0.4) is 0 Å². The summed E-state index contributed by atoms with van der Waals surface area (Å²) in [5, 5.41) is 11.4. The van der Waals surface area contributed by atoms with Gasteiger partial charge in [0.25, 0.3) is 0 Å². The molecule has 0 unspecified atom stereocenters. The van der Waals surface area contributed by atoms with Crippen molar-refractivity contribution in [1.29, 1.82) is 0 Å². The fourth-order valence-electron chi connectivity index (χ4n) is 1.59. The summed E-state index contributed by atoms with van der Waals surface area (Å²) in [5.74, 6) is 0.0229. The molecule has 0 saturated heterocycles. The summed E-state index contributed by atoms with van der Waals surface area (Å²) in [5.41, 5.74) is 5.87. The van der Waals surface area contributed by atoms with Gasteiger partial charge in [-0.1, -0.05) is 35.3 Å². The molecule has 0 aliphatic carbocycles. The number of anilines is 1. The number of nitrogens with zero attached hydrogens (tertiary/aromatic N) is 2. The van der Waals surface area contributed by atoms with E-state index in [0.29, 0.717) is 5.56 Å². The van der Waals surface area contributed by atoms with Crippen molar-refractivity contribution >= 4 is 34.7 Å². The summed E-state index contributed by atoms with van der Waals surface area (Å²) in [7, 11) is 0. The van der Waals surface area contributed by atoms with Gasteiger partial charge < -0.3 is 10.5 Å². The van der Waals surface area contributed by atoms with Crippen molar-refractivity contribution in [2.45, 2.75) is 6.92 Å². The van der Waals surface area contributed by atoms with Crippen LogP contribution in [-0.4, -0.2) is 9.91 Å². The highest BCUT2D eigenvalue weighted by molar-refractivity contribution is 6.36. The number of nitro groups is 1. The van der Waals surface area contributed by atoms with E-state index in [-0.39, 0.29) is 33.2 Å². The molecule has 0 fully saturated rings. The van der Waals surface area contributed by atoms with Crippen LogP contribution in [0.4, 0.5) is 11.5 Å². The molecule has 1 aromatic heterocycles. The highest BCUT2D eigenvalue weighted by Gasteiger charge is 2.20. The molecular weight excluding hydrogens is 305 g/mol. The first-order valence-corrected chi connectivity index (χ1v) is 6.19. The standard InChI is InChI=1S/C12H9Cl2N3O3/c1-6-3-2-4-9(10(6)17(18)19)20-12-8(14)5-7(13)11(15)16-12/h2-5H,1H3,(H2,15,16). The maximum Gasteiger partial charge on any atom is 0.314 e. The zero-order valence-corrected chi connectivity index (χ0v) is 11.8. The molecule has 2 aromatic rings. The van der Waals surface area contributed by atoms with E-state index in [1.165, 1.54) is 12.1 Å². The maximum atomic E-state index is 11.1. The highest BCUT2D eigenvalue weighted by Crippen LogP contribution is 2.37. The lowest BCUT2D eigenvalue weighted by atomic mass is 10.2. The lowest BCUT2D eigenvalue weighted by Crippen LogP contribution is -1.99. The Morgan fingerprint density at radius 3 is 2.70 bits per heavy atom. The van der Waals surface area contributed by atoms with E-state index in [2.05, 4.69) is 4.98 Å². The Kier molecular flexibility index (Phi) is 3.96. The Labute approximate surface area is 124 Å². The number of aromatic nitrogens is 1. The Morgan fingerprint density at radius 1 is 1.35 bits per heavy atom. The number of para-hydroxylation sites is 1. The van der Waals surface area contributed by atoms with Crippen LogP contribution in [0.5, 0.6) is 11.6 Å². The van der Waals surface area contributed by atoms with Crippen LogP contribution in [0.1, 0.15) is 5.56 Å². The molecule has 1 heterocycles. The largest absolute Gasteiger partial charge is 0.430 e. The highest BCUT2D eigenvalue weighted by atomic mass is 35.5. The third kappa shape index (κ3) is 2.76. The van der Waals surface area contributed by atoms with Crippen LogP contribution >= 0.6 is 23.2 Å². The molecule has 2 N–H and O–H groups in total. The monoisotopic (exact) mass is 313 g/mol. The van der Waals surface area contributed by atoms with Crippen LogP contribution < -0.4 is 10.5 Å². The van der Waals surface area contributed by atoms with Crippen molar-refractivity contribution in [2.24, 2.45) is 0 Å². The van der Waals surface area contributed by atoms with E-state index in [9.17, 15) is 10.1 Å². The SMILES string of the molecule is Cc1cccc(Oc2nc(N)c(Cl)cc2Cl)c1[N+](=O)[O-]. The van der Waals surface area contributed by atoms with Gasteiger partial charge in [0.2, 0.25) is 11.6 Å². The van der Waals surface area contributed by atoms with Crippen molar-refractivity contribution in [1.82, 2.24) is 4.98 Å². The lowest BCUT2D eigenvalue weighted by Gasteiger charge is -2.09. The first-order valence-electron chi connectivity index (χ1n) is 5.43. The van der Waals surface area contributed by atoms with E-state index < -0.39 is 4.92 Å². The van der Waals surface area contributed by atoms with Crippen molar-refractivity contribution in [3.05, 3.63) is 50.0 Å². The van der Waals surface area contributed by atoms with Gasteiger partial charge in [-0.15, -0.1) is 0 Å². The van der Waals surface area contributed by atoms with Crippen LogP contribution in [0.15, 0.2) is 24.3 Å². The van der Waals surface area contributed by atoms with E-state index >= 15 is 0 Å². The molecule has 1 aromatic carbocycles. The Morgan fingerprint density at radius 2 is 2.05 bits per heavy atom. The van der Waals surface area contributed by atoms with Gasteiger partial charge in [0.05, 0.1) is 9.95 Å². The molecule has 20 heavy (non-hydrogen) atoms. The van der Waals surface area contributed by atoms with Gasteiger partial charge in [0, 0.05) is 5.56 Å².